The molecule has 0 radical (unpaired) electrons. The first-order valence-corrected chi connectivity index (χ1v) is 9.86. The highest BCUT2D eigenvalue weighted by Gasteiger charge is 2.46. The minimum absolute atomic E-state index is 0.0827. The molecule has 5 nitrogen and oxygen atoms in total. The number of ketones is 2. The zero-order valence-corrected chi connectivity index (χ0v) is 15.6. The van der Waals surface area contributed by atoms with E-state index in [0.717, 1.165) is 36.3 Å². The van der Waals surface area contributed by atoms with E-state index < -0.39 is 12.0 Å². The fourth-order valence-corrected chi connectivity index (χ4v) is 4.83. The first-order valence-electron chi connectivity index (χ1n) is 9.86. The Kier molecular flexibility index (Phi) is 5.04. The summed E-state index contributed by atoms with van der Waals surface area (Å²) in [5.41, 5.74) is 1.67. The molecule has 144 valence electrons. The van der Waals surface area contributed by atoms with E-state index in [1.165, 1.54) is 0 Å². The van der Waals surface area contributed by atoms with Crippen molar-refractivity contribution in [3.63, 3.8) is 0 Å². The molecule has 1 saturated carbocycles. The first kappa shape index (κ1) is 18.2. The summed E-state index contributed by atoms with van der Waals surface area (Å²) in [6, 6.07) is 7.72. The van der Waals surface area contributed by atoms with E-state index in [9.17, 15) is 14.7 Å². The van der Waals surface area contributed by atoms with Crippen LogP contribution in [0.3, 0.4) is 0 Å². The topological polar surface area (TPSA) is 72.8 Å². The Morgan fingerprint density at radius 1 is 1.07 bits per heavy atom. The van der Waals surface area contributed by atoms with Crippen LogP contribution in [0.15, 0.2) is 35.6 Å². The maximum absolute atomic E-state index is 12.7. The van der Waals surface area contributed by atoms with Crippen LogP contribution in [0.25, 0.3) is 0 Å². The number of ether oxygens (including phenoxy) is 2. The maximum atomic E-state index is 12.7. The number of aliphatic hydroxyl groups is 1. The van der Waals surface area contributed by atoms with Gasteiger partial charge in [-0.2, -0.15) is 0 Å². The molecule has 1 fully saturated rings. The van der Waals surface area contributed by atoms with Gasteiger partial charge in [0.15, 0.2) is 5.78 Å². The minimum Gasteiger partial charge on any atom is -0.497 e. The number of benzene rings is 1. The predicted octanol–water partition coefficient (Wildman–Crippen LogP) is 3.51. The second-order valence-corrected chi connectivity index (χ2v) is 7.79. The van der Waals surface area contributed by atoms with Crippen LogP contribution >= 0.6 is 0 Å². The monoisotopic (exact) mass is 370 g/mol. The zero-order chi connectivity index (χ0) is 19.0. The van der Waals surface area contributed by atoms with Crippen LogP contribution in [-0.4, -0.2) is 29.9 Å². The lowest BCUT2D eigenvalue weighted by Gasteiger charge is -2.41. The van der Waals surface area contributed by atoms with Gasteiger partial charge in [-0.25, -0.2) is 0 Å². The molecule has 1 aromatic carbocycles. The molecule has 5 heteroatoms. The maximum Gasteiger partial charge on any atom is 0.162 e. The van der Waals surface area contributed by atoms with Crippen LogP contribution in [0.5, 0.6) is 5.75 Å². The highest BCUT2D eigenvalue weighted by molar-refractivity contribution is 5.98. The van der Waals surface area contributed by atoms with E-state index in [-0.39, 0.29) is 23.6 Å². The van der Waals surface area contributed by atoms with Crippen molar-refractivity contribution in [2.75, 3.05) is 7.11 Å². The molecule has 1 N–H and O–H groups in total. The lowest BCUT2D eigenvalue weighted by molar-refractivity contribution is -0.133. The molecule has 1 aromatic rings. The molecule has 1 aliphatic heterocycles. The molecular formula is C22H26O5. The Balaban J connectivity index is 1.70. The largest absolute Gasteiger partial charge is 0.497 e. The van der Waals surface area contributed by atoms with Crippen molar-refractivity contribution in [1.82, 2.24) is 0 Å². The molecule has 1 heterocycles. The van der Waals surface area contributed by atoms with Crippen molar-refractivity contribution in [3.8, 4) is 5.75 Å². The molecule has 4 atom stereocenters. The van der Waals surface area contributed by atoms with Gasteiger partial charge in [0.05, 0.1) is 19.1 Å². The molecule has 4 rings (SSSR count). The average molecular weight is 370 g/mol. The van der Waals surface area contributed by atoms with Crippen LogP contribution in [0.2, 0.25) is 0 Å². The summed E-state index contributed by atoms with van der Waals surface area (Å²) in [7, 11) is 1.63. The van der Waals surface area contributed by atoms with Crippen LogP contribution in [0.4, 0.5) is 0 Å². The number of allylic oxidation sites excluding steroid dienone is 2. The van der Waals surface area contributed by atoms with Gasteiger partial charge in [-0.1, -0.05) is 12.1 Å². The van der Waals surface area contributed by atoms with Crippen molar-refractivity contribution in [2.45, 2.75) is 57.2 Å². The number of methoxy groups -OCH3 is 1. The molecule has 0 amide bonds. The number of rotatable bonds is 3. The van der Waals surface area contributed by atoms with E-state index >= 15 is 0 Å². The van der Waals surface area contributed by atoms with Crippen molar-refractivity contribution in [1.29, 1.82) is 0 Å². The molecule has 27 heavy (non-hydrogen) atoms. The van der Waals surface area contributed by atoms with Gasteiger partial charge < -0.3 is 14.6 Å². The van der Waals surface area contributed by atoms with Gasteiger partial charge in [-0.15, -0.1) is 0 Å². The average Bonchev–Trinajstić information content (AvgIpc) is 2.68. The first-order chi connectivity index (χ1) is 13.1. The summed E-state index contributed by atoms with van der Waals surface area (Å²) in [6.45, 7) is 0. The second kappa shape index (κ2) is 7.47. The van der Waals surface area contributed by atoms with E-state index in [1.807, 2.05) is 24.3 Å². The predicted molar refractivity (Wildman–Crippen MR) is 99.2 cm³/mol. The van der Waals surface area contributed by atoms with Crippen molar-refractivity contribution in [3.05, 3.63) is 41.2 Å². The summed E-state index contributed by atoms with van der Waals surface area (Å²) in [5.74, 6) is 0.928. The van der Waals surface area contributed by atoms with Gasteiger partial charge in [-0.3, -0.25) is 9.59 Å². The molecule has 0 saturated heterocycles. The fraction of sp³-hybridized carbons (Fsp3) is 0.545. The van der Waals surface area contributed by atoms with Crippen LogP contribution in [0, 0.1) is 11.8 Å². The highest BCUT2D eigenvalue weighted by Crippen LogP contribution is 2.47. The molecular weight excluding hydrogens is 344 g/mol. The summed E-state index contributed by atoms with van der Waals surface area (Å²) >= 11 is 0. The van der Waals surface area contributed by atoms with E-state index in [0.29, 0.717) is 31.3 Å². The summed E-state index contributed by atoms with van der Waals surface area (Å²) in [5, 5.41) is 10.6. The summed E-state index contributed by atoms with van der Waals surface area (Å²) in [6.07, 6.45) is 3.50. The number of Topliss-reactive ketones (excluding diaryl/α,β-unsaturated/α-hetero) is 2. The number of carbonyl (C=O) groups is 2. The van der Waals surface area contributed by atoms with E-state index in [1.54, 1.807) is 7.11 Å². The van der Waals surface area contributed by atoms with E-state index in [4.69, 9.17) is 9.47 Å². The van der Waals surface area contributed by atoms with Gasteiger partial charge >= 0.3 is 0 Å². The Labute approximate surface area is 159 Å². The molecule has 0 bridgehead atoms. The van der Waals surface area contributed by atoms with Gasteiger partial charge in [0, 0.05) is 30.8 Å². The van der Waals surface area contributed by atoms with Crippen molar-refractivity contribution < 1.29 is 24.2 Å². The smallest absolute Gasteiger partial charge is 0.162 e. The summed E-state index contributed by atoms with van der Waals surface area (Å²) in [4.78, 5) is 25.3. The lowest BCUT2D eigenvalue weighted by atomic mass is 9.68. The zero-order valence-electron chi connectivity index (χ0n) is 15.6. The third-order valence-electron chi connectivity index (χ3n) is 6.16. The third kappa shape index (κ3) is 3.41. The third-order valence-corrected chi connectivity index (χ3v) is 6.16. The van der Waals surface area contributed by atoms with Crippen molar-refractivity contribution in [2.24, 2.45) is 11.8 Å². The van der Waals surface area contributed by atoms with Gasteiger partial charge in [-0.05, 0) is 43.4 Å². The van der Waals surface area contributed by atoms with Gasteiger partial charge in [0.2, 0.25) is 0 Å². The standard InChI is InChI=1S/C22H26O5/c1-26-14-10-8-13(9-11-14)20-12-15(21-16(23)4-2-5-17(21)24)22-18(25)6-3-7-19(22)27-20/h8-11,15-16,20-21,23H,2-7,12H2,1H3/t15-,16-,20-,21-/m1/s1. The lowest BCUT2D eigenvalue weighted by Crippen LogP contribution is -2.43. The van der Waals surface area contributed by atoms with E-state index in [2.05, 4.69) is 0 Å². The van der Waals surface area contributed by atoms with Crippen molar-refractivity contribution >= 4 is 11.6 Å². The normalized spacial score (nSPS) is 31.3. The van der Waals surface area contributed by atoms with Gasteiger partial charge in [0.1, 0.15) is 23.4 Å². The Morgan fingerprint density at radius 2 is 1.85 bits per heavy atom. The minimum atomic E-state index is -0.672. The van der Waals surface area contributed by atoms with Crippen LogP contribution < -0.4 is 4.74 Å². The van der Waals surface area contributed by atoms with Crippen LogP contribution in [-0.2, 0) is 14.3 Å². The molecule has 2 aliphatic carbocycles. The van der Waals surface area contributed by atoms with Gasteiger partial charge in [0.25, 0.3) is 0 Å². The highest BCUT2D eigenvalue weighted by atomic mass is 16.5. The number of aliphatic hydroxyl groups excluding tert-OH is 1. The molecule has 0 aromatic heterocycles. The second-order valence-electron chi connectivity index (χ2n) is 7.79. The number of carbonyl (C=O) groups excluding carboxylic acids is 2. The quantitative estimate of drug-likeness (QED) is 0.881. The fourth-order valence-electron chi connectivity index (χ4n) is 4.83. The Bertz CT molecular complexity index is 763. The SMILES string of the molecule is COc1ccc([C@H]2C[C@H]([C@H]3C(=O)CCC[C@H]3O)C3=C(CCCC3=O)O2)cc1. The Morgan fingerprint density at radius 3 is 2.56 bits per heavy atom. The number of hydrogen-bond donors (Lipinski definition) is 1. The molecule has 0 spiro atoms. The number of hydrogen-bond acceptors (Lipinski definition) is 5. The van der Waals surface area contributed by atoms with Crippen LogP contribution in [0.1, 0.15) is 56.6 Å². The molecule has 0 unspecified atom stereocenters. The Hall–Kier alpha value is -2.14. The molecule has 3 aliphatic rings. The summed E-state index contributed by atoms with van der Waals surface area (Å²) < 4.78 is 11.5.